The maximum Gasteiger partial charge on any atom is 0.264 e. The Bertz CT molecular complexity index is 764. The summed E-state index contributed by atoms with van der Waals surface area (Å²) < 4.78 is 32.5. The first-order chi connectivity index (χ1) is 10.3. The minimum Gasteiger partial charge on any atom is -0.496 e. The van der Waals surface area contributed by atoms with Gasteiger partial charge in [-0.1, -0.05) is 32.0 Å². The van der Waals surface area contributed by atoms with Gasteiger partial charge in [-0.2, -0.15) is 8.42 Å². The Labute approximate surface area is 132 Å². The van der Waals surface area contributed by atoms with Gasteiger partial charge in [-0.3, -0.25) is 4.18 Å². The van der Waals surface area contributed by atoms with Gasteiger partial charge < -0.3 is 4.74 Å². The molecular formula is C17H22O4S. The van der Waals surface area contributed by atoms with Crippen molar-refractivity contribution in [1.82, 2.24) is 0 Å². The molecule has 0 N–H and O–H groups in total. The van der Waals surface area contributed by atoms with Crippen LogP contribution in [0.3, 0.4) is 0 Å². The molecule has 2 aromatic rings. The van der Waals surface area contributed by atoms with Crippen LogP contribution in [-0.2, 0) is 20.7 Å². The van der Waals surface area contributed by atoms with Gasteiger partial charge in [0.25, 0.3) is 10.1 Å². The highest BCUT2D eigenvalue weighted by Crippen LogP contribution is 2.32. The summed E-state index contributed by atoms with van der Waals surface area (Å²) >= 11 is 0. The molecule has 0 radical (unpaired) electrons. The van der Waals surface area contributed by atoms with Gasteiger partial charge in [0.2, 0.25) is 0 Å². The van der Waals surface area contributed by atoms with Gasteiger partial charge in [0.15, 0.2) is 0 Å². The van der Waals surface area contributed by atoms with Crippen molar-refractivity contribution < 1.29 is 17.3 Å². The van der Waals surface area contributed by atoms with Gasteiger partial charge in [-0.05, 0) is 46.4 Å². The zero-order valence-corrected chi connectivity index (χ0v) is 14.2. The van der Waals surface area contributed by atoms with Crippen LogP contribution in [0.4, 0.5) is 0 Å². The first kappa shape index (κ1) is 16.8. The van der Waals surface area contributed by atoms with E-state index in [4.69, 9.17) is 8.92 Å². The fourth-order valence-electron chi connectivity index (χ4n) is 2.54. The van der Waals surface area contributed by atoms with Gasteiger partial charge in [0, 0.05) is 0 Å². The fraction of sp³-hybridized carbons (Fsp3) is 0.412. The van der Waals surface area contributed by atoms with Crippen LogP contribution in [0, 0.1) is 0 Å². The normalized spacial score (nSPS) is 12.0. The topological polar surface area (TPSA) is 52.6 Å². The number of hydrogen-bond acceptors (Lipinski definition) is 4. The van der Waals surface area contributed by atoms with E-state index >= 15 is 0 Å². The van der Waals surface area contributed by atoms with Crippen LogP contribution < -0.4 is 4.74 Å². The molecule has 5 heteroatoms. The number of hydrogen-bond donors (Lipinski definition) is 0. The molecular weight excluding hydrogens is 300 g/mol. The molecule has 0 spiro atoms. The van der Waals surface area contributed by atoms with E-state index in [1.165, 1.54) is 5.56 Å². The lowest BCUT2D eigenvalue weighted by Crippen LogP contribution is -2.06. The first-order valence-electron chi connectivity index (χ1n) is 7.25. The average molecular weight is 322 g/mol. The van der Waals surface area contributed by atoms with E-state index in [1.807, 2.05) is 18.2 Å². The number of rotatable bonds is 6. The van der Waals surface area contributed by atoms with Crippen molar-refractivity contribution in [1.29, 1.82) is 0 Å². The van der Waals surface area contributed by atoms with Crippen molar-refractivity contribution in [2.24, 2.45) is 0 Å². The summed E-state index contributed by atoms with van der Waals surface area (Å²) in [6.07, 6.45) is 1.60. The highest BCUT2D eigenvalue weighted by molar-refractivity contribution is 7.85. The summed E-state index contributed by atoms with van der Waals surface area (Å²) in [5.41, 5.74) is 2.22. The number of benzene rings is 2. The second kappa shape index (κ2) is 6.67. The van der Waals surface area contributed by atoms with E-state index in [9.17, 15) is 8.42 Å². The SMILES string of the molecule is COc1cc2c(CCOS(C)(=O)=O)cccc2cc1C(C)C. The van der Waals surface area contributed by atoms with Gasteiger partial charge in [-0.15, -0.1) is 0 Å². The van der Waals surface area contributed by atoms with E-state index < -0.39 is 10.1 Å². The van der Waals surface area contributed by atoms with Gasteiger partial charge in [-0.25, -0.2) is 0 Å². The molecule has 120 valence electrons. The third-order valence-corrected chi connectivity index (χ3v) is 4.21. The Morgan fingerprint density at radius 3 is 2.50 bits per heavy atom. The van der Waals surface area contributed by atoms with Crippen molar-refractivity contribution in [2.45, 2.75) is 26.2 Å². The molecule has 0 aliphatic rings. The van der Waals surface area contributed by atoms with Crippen molar-refractivity contribution in [2.75, 3.05) is 20.0 Å². The molecule has 0 amide bonds. The van der Waals surface area contributed by atoms with Crippen molar-refractivity contribution in [3.8, 4) is 5.75 Å². The summed E-state index contributed by atoms with van der Waals surface area (Å²) in [6, 6.07) is 10.2. The molecule has 0 aliphatic heterocycles. The van der Waals surface area contributed by atoms with E-state index in [0.717, 1.165) is 28.3 Å². The zero-order chi connectivity index (χ0) is 16.3. The first-order valence-corrected chi connectivity index (χ1v) is 9.07. The Morgan fingerprint density at radius 1 is 1.18 bits per heavy atom. The predicted molar refractivity (Wildman–Crippen MR) is 89.1 cm³/mol. The summed E-state index contributed by atoms with van der Waals surface area (Å²) in [4.78, 5) is 0. The fourth-order valence-corrected chi connectivity index (χ4v) is 2.92. The molecule has 22 heavy (non-hydrogen) atoms. The van der Waals surface area contributed by atoms with Crippen molar-refractivity contribution in [3.63, 3.8) is 0 Å². The molecule has 0 aliphatic carbocycles. The lowest BCUT2D eigenvalue weighted by molar-refractivity contribution is 0.326. The second-order valence-electron chi connectivity index (χ2n) is 5.66. The van der Waals surface area contributed by atoms with Crippen LogP contribution >= 0.6 is 0 Å². The van der Waals surface area contributed by atoms with Crippen LogP contribution in [0.5, 0.6) is 5.75 Å². The van der Waals surface area contributed by atoms with Crippen LogP contribution in [0.1, 0.15) is 30.9 Å². The summed E-state index contributed by atoms with van der Waals surface area (Å²) in [7, 11) is -1.73. The Hall–Kier alpha value is -1.59. The van der Waals surface area contributed by atoms with Crippen LogP contribution in [0.15, 0.2) is 30.3 Å². The minimum atomic E-state index is -3.40. The Balaban J connectivity index is 2.39. The number of ether oxygens (including phenoxy) is 1. The quantitative estimate of drug-likeness (QED) is 0.764. The summed E-state index contributed by atoms with van der Waals surface area (Å²) in [5.74, 6) is 1.23. The molecule has 2 aromatic carbocycles. The maximum atomic E-state index is 11.1. The zero-order valence-electron chi connectivity index (χ0n) is 13.4. The molecule has 0 fully saturated rings. The van der Waals surface area contributed by atoms with Crippen molar-refractivity contribution >= 4 is 20.9 Å². The molecule has 0 saturated carbocycles. The van der Waals surface area contributed by atoms with E-state index in [0.29, 0.717) is 12.3 Å². The highest BCUT2D eigenvalue weighted by atomic mass is 32.2. The van der Waals surface area contributed by atoms with Crippen LogP contribution in [0.2, 0.25) is 0 Å². The van der Waals surface area contributed by atoms with E-state index in [1.54, 1.807) is 7.11 Å². The molecule has 0 bridgehead atoms. The molecule has 0 unspecified atom stereocenters. The lowest BCUT2D eigenvalue weighted by atomic mass is 9.95. The molecule has 4 nitrogen and oxygen atoms in total. The number of fused-ring (bicyclic) bond motifs is 1. The van der Waals surface area contributed by atoms with Gasteiger partial charge >= 0.3 is 0 Å². The van der Waals surface area contributed by atoms with E-state index in [2.05, 4.69) is 26.0 Å². The molecule has 0 saturated heterocycles. The third kappa shape index (κ3) is 3.99. The summed E-state index contributed by atoms with van der Waals surface area (Å²) in [6.45, 7) is 4.41. The highest BCUT2D eigenvalue weighted by Gasteiger charge is 2.11. The third-order valence-electron chi connectivity index (χ3n) is 3.61. The van der Waals surface area contributed by atoms with Crippen LogP contribution in [-0.4, -0.2) is 28.4 Å². The van der Waals surface area contributed by atoms with Gasteiger partial charge in [0.1, 0.15) is 5.75 Å². The molecule has 2 rings (SSSR count). The van der Waals surface area contributed by atoms with Gasteiger partial charge in [0.05, 0.1) is 20.0 Å². The summed E-state index contributed by atoms with van der Waals surface area (Å²) in [5, 5.41) is 2.20. The molecule has 0 heterocycles. The predicted octanol–water partition coefficient (Wildman–Crippen LogP) is 3.49. The standard InChI is InChI=1S/C17H22O4S/c1-12(2)15-10-14-7-5-6-13(8-9-21-22(4,18)19)16(14)11-17(15)20-3/h5-7,10-12H,8-9H2,1-4H3. The molecule has 0 aromatic heterocycles. The Morgan fingerprint density at radius 2 is 1.91 bits per heavy atom. The molecule has 0 atom stereocenters. The monoisotopic (exact) mass is 322 g/mol. The second-order valence-corrected chi connectivity index (χ2v) is 7.31. The number of methoxy groups -OCH3 is 1. The van der Waals surface area contributed by atoms with E-state index in [-0.39, 0.29) is 6.61 Å². The van der Waals surface area contributed by atoms with Crippen molar-refractivity contribution in [3.05, 3.63) is 41.5 Å². The largest absolute Gasteiger partial charge is 0.496 e. The maximum absolute atomic E-state index is 11.1. The smallest absolute Gasteiger partial charge is 0.264 e. The van der Waals surface area contributed by atoms with Crippen LogP contribution in [0.25, 0.3) is 10.8 Å². The average Bonchev–Trinajstić information content (AvgIpc) is 2.44. The Kier molecular flexibility index (Phi) is 5.08. The minimum absolute atomic E-state index is 0.145. The lowest BCUT2D eigenvalue weighted by Gasteiger charge is -2.15.